The first-order valence-electron chi connectivity index (χ1n) is 10.2. The highest BCUT2D eigenvalue weighted by molar-refractivity contribution is 7.38. The summed E-state index contributed by atoms with van der Waals surface area (Å²) in [7, 11) is 1.23. The average molecular weight is 400 g/mol. The predicted molar refractivity (Wildman–Crippen MR) is 131 cm³/mol. The monoisotopic (exact) mass is 400 g/mol. The average Bonchev–Trinajstić information content (AvgIpc) is 2.85. The molecule has 0 aliphatic heterocycles. The van der Waals surface area contributed by atoms with Crippen LogP contribution in [-0.4, -0.2) is 0 Å². The molecule has 30 heavy (non-hydrogen) atoms. The molecule has 0 saturated heterocycles. The van der Waals surface area contributed by atoms with Gasteiger partial charge in [-0.1, -0.05) is 130 Å². The second-order valence-corrected chi connectivity index (χ2v) is 8.40. The molecule has 0 spiro atoms. The van der Waals surface area contributed by atoms with Gasteiger partial charge in [-0.3, -0.25) is 0 Å². The van der Waals surface area contributed by atoms with Crippen molar-refractivity contribution in [2.45, 2.75) is 0 Å². The lowest BCUT2D eigenvalue weighted by molar-refractivity contribution is 1.59. The van der Waals surface area contributed by atoms with E-state index in [1.165, 1.54) is 52.2 Å². The van der Waals surface area contributed by atoms with E-state index in [0.717, 1.165) is 0 Å². The first-order chi connectivity index (χ1) is 14.9. The highest BCUT2D eigenvalue weighted by Gasteiger charge is 2.17. The third-order valence-electron chi connectivity index (χ3n) is 5.28. The van der Waals surface area contributed by atoms with Crippen LogP contribution in [-0.2, 0) is 0 Å². The molecule has 0 aliphatic rings. The summed E-state index contributed by atoms with van der Waals surface area (Å²) in [5.41, 5.74) is 7.63. The summed E-state index contributed by atoms with van der Waals surface area (Å²) >= 11 is 0. The molecule has 0 unspecified atom stereocenters. The van der Waals surface area contributed by atoms with Crippen LogP contribution in [0.2, 0.25) is 0 Å². The van der Waals surface area contributed by atoms with Gasteiger partial charge < -0.3 is 0 Å². The fraction of sp³-hybridized carbons (Fsp3) is 0. The van der Waals surface area contributed by atoms with E-state index in [0.29, 0.717) is 0 Å². The van der Waals surface area contributed by atoms with Gasteiger partial charge in [-0.25, -0.2) is 0 Å². The largest absolute Gasteiger partial charge is 0.0622 e. The summed E-state index contributed by atoms with van der Waals surface area (Å²) in [5, 5.41) is 2.68. The van der Waals surface area contributed by atoms with Crippen molar-refractivity contribution in [2.24, 2.45) is 0 Å². The van der Waals surface area contributed by atoms with E-state index in [-0.39, 0.29) is 0 Å². The Morgan fingerprint density at radius 3 is 1.37 bits per heavy atom. The van der Waals surface area contributed by atoms with E-state index in [9.17, 15) is 0 Å². The topological polar surface area (TPSA) is 0 Å². The van der Waals surface area contributed by atoms with Crippen LogP contribution < -0.4 is 0 Å². The Hall–Kier alpha value is -3.47. The highest BCUT2D eigenvalue weighted by atomic mass is 31.0. The van der Waals surface area contributed by atoms with Crippen molar-refractivity contribution in [3.8, 4) is 44.0 Å². The van der Waals surface area contributed by atoms with Gasteiger partial charge in [-0.05, 0) is 33.9 Å². The third-order valence-corrected chi connectivity index (χ3v) is 6.62. The van der Waals surface area contributed by atoms with E-state index in [2.05, 4.69) is 127 Å². The zero-order chi connectivity index (χ0) is 20.2. The molecular weight excluding hydrogens is 379 g/mol. The molecule has 1 aromatic heterocycles. The fourth-order valence-corrected chi connectivity index (χ4v) is 5.20. The lowest BCUT2D eigenvalue weighted by atomic mass is 9.92. The van der Waals surface area contributed by atoms with Crippen molar-refractivity contribution in [3.05, 3.63) is 127 Å². The van der Waals surface area contributed by atoms with Crippen LogP contribution in [0.5, 0.6) is 0 Å². The summed E-state index contributed by atoms with van der Waals surface area (Å²) < 4.78 is 0. The molecule has 5 rings (SSSR count). The smallest absolute Gasteiger partial charge is 0.0181 e. The minimum Gasteiger partial charge on any atom is -0.0622 e. The van der Waals surface area contributed by atoms with Crippen LogP contribution in [0, 0.1) is 0 Å². The maximum absolute atomic E-state index is 2.38. The van der Waals surface area contributed by atoms with E-state index in [4.69, 9.17) is 0 Å². The zero-order valence-electron chi connectivity index (χ0n) is 16.6. The predicted octanol–water partition coefficient (Wildman–Crippen LogP) is 8.93. The SMILES string of the molecule is c1ccc(-c2cc(-c3ccccc3)c(-c3ccccc3)c(-c3ccccc3)p2)cc1. The van der Waals surface area contributed by atoms with Crippen LogP contribution >= 0.6 is 8.19 Å². The Morgan fingerprint density at radius 2 is 0.833 bits per heavy atom. The van der Waals surface area contributed by atoms with Gasteiger partial charge >= 0.3 is 0 Å². The standard InChI is InChI=1S/C29H21P/c1-5-13-22(14-6-1)26-21-27(23-15-7-2-8-16-23)30-29(25-19-11-4-12-20-25)28(26)24-17-9-3-10-18-24/h1-21H. The van der Waals surface area contributed by atoms with Crippen LogP contribution in [0.3, 0.4) is 0 Å². The fourth-order valence-electron chi connectivity index (χ4n) is 3.85. The van der Waals surface area contributed by atoms with Crippen molar-refractivity contribution in [2.75, 3.05) is 0 Å². The van der Waals surface area contributed by atoms with Gasteiger partial charge in [0.1, 0.15) is 0 Å². The van der Waals surface area contributed by atoms with E-state index in [1.54, 1.807) is 0 Å². The quantitative estimate of drug-likeness (QED) is 0.282. The van der Waals surface area contributed by atoms with Crippen LogP contribution in [0.15, 0.2) is 127 Å². The molecule has 142 valence electrons. The van der Waals surface area contributed by atoms with Crippen molar-refractivity contribution in [1.29, 1.82) is 0 Å². The molecule has 0 nitrogen and oxygen atoms in total. The lowest BCUT2D eigenvalue weighted by Crippen LogP contribution is -1.90. The first-order valence-corrected chi connectivity index (χ1v) is 11.1. The van der Waals surface area contributed by atoms with E-state index >= 15 is 0 Å². The van der Waals surface area contributed by atoms with Crippen LogP contribution in [0.4, 0.5) is 0 Å². The van der Waals surface area contributed by atoms with Crippen molar-refractivity contribution < 1.29 is 0 Å². The number of hydrogen-bond donors (Lipinski definition) is 0. The molecule has 1 heteroatoms. The molecule has 0 fully saturated rings. The first kappa shape index (κ1) is 18.6. The van der Waals surface area contributed by atoms with Crippen LogP contribution in [0.25, 0.3) is 44.0 Å². The van der Waals surface area contributed by atoms with Gasteiger partial charge in [0.15, 0.2) is 0 Å². The van der Waals surface area contributed by atoms with E-state index < -0.39 is 0 Å². The van der Waals surface area contributed by atoms with E-state index in [1.807, 2.05) is 0 Å². The Morgan fingerprint density at radius 1 is 0.400 bits per heavy atom. The maximum Gasteiger partial charge on any atom is 0.0181 e. The second kappa shape index (κ2) is 8.49. The second-order valence-electron chi connectivity index (χ2n) is 7.24. The molecule has 0 N–H and O–H groups in total. The molecule has 0 radical (unpaired) electrons. The molecule has 4 aromatic carbocycles. The molecular formula is C29H21P. The lowest BCUT2D eigenvalue weighted by Gasteiger charge is -2.18. The molecule has 5 aromatic rings. The molecule has 0 atom stereocenters. The minimum atomic E-state index is 1.23. The van der Waals surface area contributed by atoms with Gasteiger partial charge in [0.2, 0.25) is 0 Å². The summed E-state index contributed by atoms with van der Waals surface area (Å²) in [5.74, 6) is 0. The molecule has 1 heterocycles. The van der Waals surface area contributed by atoms with Crippen molar-refractivity contribution in [1.82, 2.24) is 0 Å². The molecule has 0 bridgehead atoms. The third kappa shape index (κ3) is 3.71. The normalized spacial score (nSPS) is 10.9. The summed E-state index contributed by atoms with van der Waals surface area (Å²) in [6.07, 6.45) is 0. The maximum atomic E-state index is 2.38. The van der Waals surface area contributed by atoms with Crippen molar-refractivity contribution >= 4 is 8.19 Å². The number of hydrogen-bond acceptors (Lipinski definition) is 0. The van der Waals surface area contributed by atoms with Gasteiger partial charge in [0.25, 0.3) is 0 Å². The Balaban J connectivity index is 1.88. The number of benzene rings is 4. The Labute approximate surface area is 179 Å². The molecule has 0 aliphatic carbocycles. The van der Waals surface area contributed by atoms with Gasteiger partial charge in [0.05, 0.1) is 0 Å². The highest BCUT2D eigenvalue weighted by Crippen LogP contribution is 2.48. The Kier molecular flexibility index (Phi) is 5.25. The summed E-state index contributed by atoms with van der Waals surface area (Å²) in [4.78, 5) is 0. The Bertz CT molecular complexity index is 1180. The summed E-state index contributed by atoms with van der Waals surface area (Å²) in [6, 6.07) is 45.4. The molecule has 0 amide bonds. The van der Waals surface area contributed by atoms with Gasteiger partial charge in [-0.2, -0.15) is 0 Å². The van der Waals surface area contributed by atoms with Gasteiger partial charge in [0, 0.05) is 16.2 Å². The van der Waals surface area contributed by atoms with Gasteiger partial charge in [-0.15, -0.1) is 0 Å². The number of rotatable bonds is 4. The summed E-state index contributed by atoms with van der Waals surface area (Å²) in [6.45, 7) is 0. The molecule has 0 saturated carbocycles. The minimum absolute atomic E-state index is 1.23. The van der Waals surface area contributed by atoms with Crippen LogP contribution in [0.1, 0.15) is 0 Å². The zero-order valence-corrected chi connectivity index (χ0v) is 17.5. The van der Waals surface area contributed by atoms with Crippen molar-refractivity contribution in [3.63, 3.8) is 0 Å².